The van der Waals surface area contributed by atoms with E-state index in [0.717, 1.165) is 4.68 Å². The van der Waals surface area contributed by atoms with Gasteiger partial charge in [0.15, 0.2) is 0 Å². The third kappa shape index (κ3) is 7.13. The molecule has 0 saturated carbocycles. The van der Waals surface area contributed by atoms with Crippen LogP contribution in [0, 0.1) is 6.92 Å². The summed E-state index contributed by atoms with van der Waals surface area (Å²) in [5.41, 5.74) is 0.552. The van der Waals surface area contributed by atoms with Gasteiger partial charge in [-0.25, -0.2) is 4.79 Å². The Labute approximate surface area is 233 Å². The van der Waals surface area contributed by atoms with E-state index in [1.54, 1.807) is 0 Å². The molecule has 3 rings (SSSR count). The Bertz CT molecular complexity index is 1380. The van der Waals surface area contributed by atoms with Crippen molar-refractivity contribution in [1.29, 1.82) is 0 Å². The molecule has 11 nitrogen and oxygen atoms in total. The van der Waals surface area contributed by atoms with E-state index >= 15 is 0 Å². The molecule has 0 bridgehead atoms. The molecule has 0 aliphatic carbocycles. The average molecular weight is 535 g/mol. The summed E-state index contributed by atoms with van der Waals surface area (Å²) < 4.78 is 120. The van der Waals surface area contributed by atoms with E-state index in [0.29, 0.717) is 5.56 Å². The van der Waals surface area contributed by atoms with Gasteiger partial charge < -0.3 is 39.0 Å². The van der Waals surface area contributed by atoms with E-state index < -0.39 is 88.9 Å². The Morgan fingerprint density at radius 3 is 2.49 bits per heavy atom. The Hall–Kier alpha value is -2.86. The smallest absolute Gasteiger partial charge is 0.491 e. The predicted molar refractivity (Wildman–Crippen MR) is 133 cm³/mol. The maximum absolute atomic E-state index is 11.7. The molecule has 206 valence electrons. The van der Waals surface area contributed by atoms with Crippen LogP contribution < -0.4 is 9.47 Å². The summed E-state index contributed by atoms with van der Waals surface area (Å²) in [7, 11) is 0. The van der Waals surface area contributed by atoms with Crippen LogP contribution in [0.25, 0.3) is 0 Å². The number of aliphatic hydroxyl groups is 3. The molecular weight excluding hydrogens is 484 g/mol. The molecule has 1 aliphatic rings. The first kappa shape index (κ1) is 16.2. The van der Waals surface area contributed by atoms with Crippen LogP contribution in [0.1, 0.15) is 73.6 Å². The maximum Gasteiger partial charge on any atom is 0.508 e. The summed E-state index contributed by atoms with van der Waals surface area (Å²) in [5.74, 6) is -0.504. The monoisotopic (exact) mass is 534 g/mol. The number of benzene rings is 1. The summed E-state index contributed by atoms with van der Waals surface area (Å²) in [6.07, 6.45) is -12.2. The van der Waals surface area contributed by atoms with Crippen LogP contribution in [0.15, 0.2) is 24.3 Å². The zero-order valence-electron chi connectivity index (χ0n) is 32.2. The number of hydrogen-bond acceptors (Lipinski definition) is 10. The van der Waals surface area contributed by atoms with Gasteiger partial charge in [-0.1, -0.05) is 12.1 Å². The number of aliphatic hydroxyl groups excluding tert-OH is 3. The van der Waals surface area contributed by atoms with Gasteiger partial charge in [-0.15, -0.1) is 5.10 Å². The van der Waals surface area contributed by atoms with Gasteiger partial charge in [0.25, 0.3) is 0 Å². The summed E-state index contributed by atoms with van der Waals surface area (Å²) in [6, 6.07) is 3.32. The fourth-order valence-electron chi connectivity index (χ4n) is 3.67. The van der Waals surface area contributed by atoms with E-state index in [1.165, 1.54) is 38.1 Å². The van der Waals surface area contributed by atoms with Crippen LogP contribution >= 0.6 is 0 Å². The second-order valence-corrected chi connectivity index (χ2v) is 8.16. The minimum atomic E-state index is -3.09. The minimum absolute atomic E-state index is 0.0149. The van der Waals surface area contributed by atoms with Crippen LogP contribution in [0.2, 0.25) is 0 Å². The topological polar surface area (TPSA) is 142 Å². The lowest BCUT2D eigenvalue weighted by Gasteiger charge is -2.39. The Kier molecular flexibility index (Phi) is 5.51. The highest BCUT2D eigenvalue weighted by Crippen LogP contribution is 2.31. The molecule has 0 radical (unpaired) electrons. The van der Waals surface area contributed by atoms with E-state index in [1.807, 2.05) is 0 Å². The van der Waals surface area contributed by atoms with Crippen LogP contribution in [0.5, 0.6) is 11.6 Å². The van der Waals surface area contributed by atoms with Crippen molar-refractivity contribution < 1.29 is 60.2 Å². The van der Waals surface area contributed by atoms with E-state index in [4.69, 9.17) is 35.4 Å². The summed E-state index contributed by atoms with van der Waals surface area (Å²) in [4.78, 5) is 11.7. The molecule has 11 heteroatoms. The molecule has 1 fully saturated rings. The number of rotatable bonds is 10. The summed E-state index contributed by atoms with van der Waals surface area (Å²) in [6.45, 7) is -9.87. The van der Waals surface area contributed by atoms with E-state index in [9.17, 15) is 20.1 Å². The molecule has 1 saturated heterocycles. The van der Waals surface area contributed by atoms with Gasteiger partial charge in [-0.3, -0.25) is 4.68 Å². The first-order valence-electron chi connectivity index (χ1n) is 17.4. The molecule has 0 spiro atoms. The zero-order valence-corrected chi connectivity index (χ0v) is 20.2. The second-order valence-electron chi connectivity index (χ2n) is 8.16. The van der Waals surface area contributed by atoms with Gasteiger partial charge in [0.1, 0.15) is 36.8 Å². The normalized spacial score (nSPS) is 30.0. The Morgan fingerprint density at radius 2 is 1.84 bits per heavy atom. The second kappa shape index (κ2) is 12.6. The fourth-order valence-corrected chi connectivity index (χ4v) is 3.67. The highest BCUT2D eigenvalue weighted by Gasteiger charge is 2.46. The molecule has 0 unspecified atom stereocenters. The quantitative estimate of drug-likeness (QED) is 0.389. The third-order valence-corrected chi connectivity index (χ3v) is 5.56. The van der Waals surface area contributed by atoms with Crippen molar-refractivity contribution >= 4 is 6.16 Å². The first-order valence-corrected chi connectivity index (χ1v) is 11.4. The molecule has 1 aliphatic heterocycles. The number of carbonyl (C=O) groups excluding carboxylic acids is 1. The summed E-state index contributed by atoms with van der Waals surface area (Å²) in [5, 5.41) is 35.7. The number of carbonyl (C=O) groups is 1. The number of hydrogen-bond donors (Lipinski definition) is 3. The van der Waals surface area contributed by atoms with Gasteiger partial charge in [0.05, 0.1) is 12.7 Å². The number of nitrogens with zero attached hydrogens (tertiary/aromatic N) is 2. The molecule has 5 atom stereocenters. The molecule has 1 aromatic carbocycles. The Balaban J connectivity index is 2.01. The maximum atomic E-state index is 11.7. The van der Waals surface area contributed by atoms with Crippen molar-refractivity contribution in [3.8, 4) is 11.6 Å². The van der Waals surface area contributed by atoms with Gasteiger partial charge in [-0.2, -0.15) is 0 Å². The predicted octanol–water partition coefficient (Wildman–Crippen LogP) is 2.51. The van der Waals surface area contributed by atoms with Crippen LogP contribution in [-0.4, -0.2) is 81.3 Å². The lowest BCUT2D eigenvalue weighted by Crippen LogP contribution is -2.60. The van der Waals surface area contributed by atoms with Crippen molar-refractivity contribution in [3.05, 3.63) is 41.1 Å². The molecular formula is C26H38N2O9. The van der Waals surface area contributed by atoms with Crippen LogP contribution in [-0.2, 0) is 20.6 Å². The molecule has 37 heavy (non-hydrogen) atoms. The zero-order chi connectivity index (χ0) is 37.3. The van der Waals surface area contributed by atoms with E-state index in [2.05, 4.69) is 9.84 Å². The van der Waals surface area contributed by atoms with Crippen LogP contribution in [0.4, 0.5) is 4.79 Å². The lowest BCUT2D eigenvalue weighted by molar-refractivity contribution is -0.278. The average Bonchev–Trinajstić information content (AvgIpc) is 3.22. The molecule has 0 amide bonds. The Morgan fingerprint density at radius 1 is 1.11 bits per heavy atom. The highest BCUT2D eigenvalue weighted by atomic mass is 16.7. The van der Waals surface area contributed by atoms with Gasteiger partial charge in [0, 0.05) is 40.2 Å². The SMILES string of the molecule is [2H]C([2H])([2H])C(Oc1ccc(Cc2c(O[C@@H]3O[C@H](COC(=O)OCC)[C@@H](O)[C@H](O)[C@H]3O)nn(C(C([2H])([2H])[2H])C([2H])([2H])[2H])c2C)cc1)C([2H])([2H])[2H]. The van der Waals surface area contributed by atoms with Crippen molar-refractivity contribution in [2.75, 3.05) is 13.2 Å². The van der Waals surface area contributed by atoms with E-state index in [-0.39, 0.29) is 30.0 Å². The first-order chi connectivity index (χ1) is 22.4. The summed E-state index contributed by atoms with van der Waals surface area (Å²) >= 11 is 0. The van der Waals surface area contributed by atoms with Crippen molar-refractivity contribution in [2.45, 2.75) is 90.5 Å². The van der Waals surface area contributed by atoms with Gasteiger partial charge in [0.2, 0.25) is 12.2 Å². The fraction of sp³-hybridized carbons (Fsp3) is 0.615. The molecule has 3 N–H and O–H groups in total. The highest BCUT2D eigenvalue weighted by molar-refractivity contribution is 5.59. The van der Waals surface area contributed by atoms with Crippen LogP contribution in [0.3, 0.4) is 0 Å². The minimum Gasteiger partial charge on any atom is -0.491 e. The van der Waals surface area contributed by atoms with Crippen molar-refractivity contribution in [3.63, 3.8) is 0 Å². The standard InChI is InChI=1S/C26H38N2O9/c1-7-33-26(32)34-13-20-21(29)22(30)23(31)25(36-20)37-24-19(16(6)28(27-24)14(2)3)12-17-8-10-18(11-9-17)35-15(4)5/h8-11,14-15,20-23,25,29-31H,7,12-13H2,1-6H3/t20-,21-,22+,23-,25+/m1/s1/i2D3,3D3,4D3,5D3. The van der Waals surface area contributed by atoms with Crippen molar-refractivity contribution in [2.24, 2.45) is 0 Å². The van der Waals surface area contributed by atoms with Gasteiger partial charge >= 0.3 is 6.16 Å². The molecule has 2 aromatic rings. The molecule has 2 heterocycles. The van der Waals surface area contributed by atoms with Gasteiger partial charge in [-0.05, 0) is 59.0 Å². The van der Waals surface area contributed by atoms with Crippen molar-refractivity contribution in [1.82, 2.24) is 9.78 Å². The lowest BCUT2D eigenvalue weighted by atomic mass is 9.99. The molecule has 1 aromatic heterocycles. The number of ether oxygens (including phenoxy) is 5. The third-order valence-electron chi connectivity index (χ3n) is 5.56. The number of aromatic nitrogens is 2. The largest absolute Gasteiger partial charge is 0.508 e.